The standard InChI is InChI=1S/C31H29F5O/c1-2-3-18-37-26-14-7-21(8-15-26)4-5-22-9-16-27-25(19-22)13-12-24(30(27)33)11-6-23-10-17-28(29(32)20-23)31(34,35)36/h7-10,12-17,19-20H,2-6,11,18H2,1H3. The van der Waals surface area contributed by atoms with Crippen molar-refractivity contribution in [2.45, 2.75) is 51.6 Å². The third kappa shape index (κ3) is 6.88. The van der Waals surface area contributed by atoms with Gasteiger partial charge in [-0.2, -0.15) is 13.2 Å². The van der Waals surface area contributed by atoms with Crippen LogP contribution < -0.4 is 4.74 Å². The highest BCUT2D eigenvalue weighted by Crippen LogP contribution is 2.32. The highest BCUT2D eigenvalue weighted by molar-refractivity contribution is 5.84. The maximum Gasteiger partial charge on any atom is 0.419 e. The molecule has 37 heavy (non-hydrogen) atoms. The number of hydrogen-bond acceptors (Lipinski definition) is 1. The Hall–Kier alpha value is -3.41. The Labute approximate surface area is 213 Å². The summed E-state index contributed by atoms with van der Waals surface area (Å²) >= 11 is 0. The van der Waals surface area contributed by atoms with E-state index in [-0.39, 0.29) is 18.7 Å². The molecule has 194 valence electrons. The van der Waals surface area contributed by atoms with Gasteiger partial charge in [-0.3, -0.25) is 0 Å². The first-order valence-corrected chi connectivity index (χ1v) is 12.5. The molecule has 0 heterocycles. The zero-order valence-electron chi connectivity index (χ0n) is 20.7. The summed E-state index contributed by atoms with van der Waals surface area (Å²) in [6.45, 7) is 2.85. The first kappa shape index (κ1) is 26.6. The predicted octanol–water partition coefficient (Wildman–Crippen LogP) is 8.89. The first-order chi connectivity index (χ1) is 17.7. The van der Waals surface area contributed by atoms with E-state index >= 15 is 4.39 Å². The number of unbranched alkanes of at least 4 members (excludes halogenated alkanes) is 1. The second-order valence-corrected chi connectivity index (χ2v) is 9.25. The third-order valence-electron chi connectivity index (χ3n) is 6.51. The summed E-state index contributed by atoms with van der Waals surface area (Å²) in [6, 6.07) is 20.2. The normalized spacial score (nSPS) is 11.7. The van der Waals surface area contributed by atoms with E-state index in [4.69, 9.17) is 4.74 Å². The highest BCUT2D eigenvalue weighted by atomic mass is 19.4. The largest absolute Gasteiger partial charge is 0.494 e. The van der Waals surface area contributed by atoms with E-state index < -0.39 is 17.6 Å². The lowest BCUT2D eigenvalue weighted by Crippen LogP contribution is -2.08. The molecular weight excluding hydrogens is 483 g/mol. The van der Waals surface area contributed by atoms with Crippen LogP contribution in [-0.2, 0) is 31.9 Å². The van der Waals surface area contributed by atoms with Crippen molar-refractivity contribution in [2.24, 2.45) is 0 Å². The van der Waals surface area contributed by atoms with Gasteiger partial charge in [-0.15, -0.1) is 0 Å². The molecule has 4 rings (SSSR count). The molecule has 4 aromatic rings. The zero-order chi connectivity index (χ0) is 26.4. The lowest BCUT2D eigenvalue weighted by molar-refractivity contribution is -0.140. The maximum atomic E-state index is 15.2. The quantitative estimate of drug-likeness (QED) is 0.152. The Balaban J connectivity index is 1.38. The molecule has 0 aliphatic carbocycles. The molecule has 0 bridgehead atoms. The van der Waals surface area contributed by atoms with Crippen molar-refractivity contribution >= 4 is 10.8 Å². The number of rotatable bonds is 10. The molecule has 0 radical (unpaired) electrons. The van der Waals surface area contributed by atoms with Gasteiger partial charge in [0.05, 0.1) is 12.2 Å². The Morgan fingerprint density at radius 3 is 2.05 bits per heavy atom. The fourth-order valence-electron chi connectivity index (χ4n) is 4.33. The maximum absolute atomic E-state index is 15.2. The van der Waals surface area contributed by atoms with Gasteiger partial charge in [-0.05, 0) is 84.0 Å². The summed E-state index contributed by atoms with van der Waals surface area (Å²) < 4.78 is 73.0. The van der Waals surface area contributed by atoms with E-state index in [1.54, 1.807) is 12.1 Å². The Kier molecular flexibility index (Phi) is 8.47. The Morgan fingerprint density at radius 2 is 1.35 bits per heavy atom. The molecule has 6 heteroatoms. The van der Waals surface area contributed by atoms with Gasteiger partial charge in [0, 0.05) is 5.39 Å². The van der Waals surface area contributed by atoms with Gasteiger partial charge in [-0.1, -0.05) is 61.9 Å². The SMILES string of the molecule is CCCCOc1ccc(CCc2ccc3c(F)c(CCc4ccc(C(F)(F)F)c(F)c4)ccc3c2)cc1. The molecular formula is C31H29F5O. The molecule has 0 saturated heterocycles. The number of fused-ring (bicyclic) bond motifs is 1. The van der Waals surface area contributed by atoms with Crippen molar-refractivity contribution in [3.63, 3.8) is 0 Å². The summed E-state index contributed by atoms with van der Waals surface area (Å²) in [4.78, 5) is 0. The van der Waals surface area contributed by atoms with Crippen LogP contribution in [0.25, 0.3) is 10.8 Å². The van der Waals surface area contributed by atoms with Crippen LogP contribution in [0.4, 0.5) is 22.0 Å². The first-order valence-electron chi connectivity index (χ1n) is 12.5. The van der Waals surface area contributed by atoms with Gasteiger partial charge in [0.15, 0.2) is 0 Å². The Morgan fingerprint density at radius 1 is 0.703 bits per heavy atom. The van der Waals surface area contributed by atoms with E-state index in [9.17, 15) is 17.6 Å². The van der Waals surface area contributed by atoms with E-state index in [2.05, 4.69) is 19.1 Å². The van der Waals surface area contributed by atoms with Crippen LogP contribution in [0.5, 0.6) is 5.75 Å². The van der Waals surface area contributed by atoms with Crippen LogP contribution in [0, 0.1) is 11.6 Å². The third-order valence-corrected chi connectivity index (χ3v) is 6.51. The van der Waals surface area contributed by atoms with Crippen LogP contribution >= 0.6 is 0 Å². The minimum atomic E-state index is -4.74. The average Bonchev–Trinajstić information content (AvgIpc) is 2.87. The average molecular weight is 513 g/mol. The number of ether oxygens (including phenoxy) is 1. The molecule has 0 aliphatic heterocycles. The second kappa shape index (κ2) is 11.8. The monoisotopic (exact) mass is 512 g/mol. The minimum Gasteiger partial charge on any atom is -0.494 e. The number of benzene rings is 4. The van der Waals surface area contributed by atoms with Gasteiger partial charge < -0.3 is 4.74 Å². The molecule has 0 saturated carbocycles. The predicted molar refractivity (Wildman–Crippen MR) is 137 cm³/mol. The molecule has 4 aromatic carbocycles. The van der Waals surface area contributed by atoms with Gasteiger partial charge in [0.25, 0.3) is 0 Å². The molecule has 0 amide bonds. The van der Waals surface area contributed by atoms with Gasteiger partial charge in [-0.25, -0.2) is 8.78 Å². The molecule has 0 fully saturated rings. The lowest BCUT2D eigenvalue weighted by atomic mass is 9.97. The van der Waals surface area contributed by atoms with Crippen LogP contribution in [0.2, 0.25) is 0 Å². The van der Waals surface area contributed by atoms with Crippen molar-refractivity contribution in [1.82, 2.24) is 0 Å². The van der Waals surface area contributed by atoms with Gasteiger partial charge in [0.1, 0.15) is 17.4 Å². The Bertz CT molecular complexity index is 1340. The zero-order valence-corrected chi connectivity index (χ0v) is 20.7. The number of alkyl halides is 3. The minimum absolute atomic E-state index is 0.234. The summed E-state index contributed by atoms with van der Waals surface area (Å²) in [7, 11) is 0. The summed E-state index contributed by atoms with van der Waals surface area (Å²) in [5.74, 6) is -0.791. The molecule has 0 atom stereocenters. The molecule has 0 unspecified atom stereocenters. The molecule has 1 nitrogen and oxygen atoms in total. The molecule has 0 spiro atoms. The fraction of sp³-hybridized carbons (Fsp3) is 0.290. The van der Waals surface area contributed by atoms with E-state index in [0.717, 1.165) is 61.1 Å². The second-order valence-electron chi connectivity index (χ2n) is 9.25. The van der Waals surface area contributed by atoms with Gasteiger partial charge >= 0.3 is 6.18 Å². The van der Waals surface area contributed by atoms with Crippen molar-refractivity contribution in [3.05, 3.63) is 112 Å². The van der Waals surface area contributed by atoms with Crippen LogP contribution in [0.1, 0.15) is 47.6 Å². The number of aryl methyl sites for hydroxylation is 4. The summed E-state index contributed by atoms with van der Waals surface area (Å²) in [6.07, 6.45) is -0.451. The lowest BCUT2D eigenvalue weighted by Gasteiger charge is -2.11. The van der Waals surface area contributed by atoms with Crippen LogP contribution in [0.3, 0.4) is 0 Å². The van der Waals surface area contributed by atoms with E-state index in [1.807, 2.05) is 30.3 Å². The number of halogens is 5. The van der Waals surface area contributed by atoms with Crippen molar-refractivity contribution < 1.29 is 26.7 Å². The van der Waals surface area contributed by atoms with Crippen molar-refractivity contribution in [1.29, 1.82) is 0 Å². The summed E-state index contributed by atoms with van der Waals surface area (Å²) in [5.41, 5.74) is 1.84. The molecule has 0 aliphatic rings. The summed E-state index contributed by atoms with van der Waals surface area (Å²) in [5, 5.41) is 1.28. The van der Waals surface area contributed by atoms with E-state index in [0.29, 0.717) is 16.5 Å². The van der Waals surface area contributed by atoms with E-state index in [1.165, 1.54) is 11.6 Å². The highest BCUT2D eigenvalue weighted by Gasteiger charge is 2.33. The fourth-order valence-corrected chi connectivity index (χ4v) is 4.33. The topological polar surface area (TPSA) is 9.23 Å². The van der Waals surface area contributed by atoms with Gasteiger partial charge in [0.2, 0.25) is 0 Å². The molecule has 0 aromatic heterocycles. The number of hydrogen-bond donors (Lipinski definition) is 0. The smallest absolute Gasteiger partial charge is 0.419 e. The van der Waals surface area contributed by atoms with Crippen molar-refractivity contribution in [2.75, 3.05) is 6.61 Å². The molecule has 0 N–H and O–H groups in total. The van der Waals surface area contributed by atoms with Crippen LogP contribution in [-0.4, -0.2) is 6.61 Å². The van der Waals surface area contributed by atoms with Crippen LogP contribution in [0.15, 0.2) is 72.8 Å². The van der Waals surface area contributed by atoms with Crippen molar-refractivity contribution in [3.8, 4) is 5.75 Å².